The Labute approximate surface area is 121 Å². The van der Waals surface area contributed by atoms with Crippen LogP contribution in [-0.4, -0.2) is 13.1 Å². The predicted molar refractivity (Wildman–Crippen MR) is 81.7 cm³/mol. The Balaban J connectivity index is 1.89. The smallest absolute Gasteiger partial charge is 0.0408 e. The summed E-state index contributed by atoms with van der Waals surface area (Å²) < 4.78 is 0. The van der Waals surface area contributed by atoms with E-state index < -0.39 is 0 Å². The number of hydrogen-bond donors (Lipinski definition) is 1. The van der Waals surface area contributed by atoms with Crippen molar-refractivity contribution >= 4 is 11.6 Å². The van der Waals surface area contributed by atoms with Crippen LogP contribution in [0.3, 0.4) is 0 Å². The highest BCUT2D eigenvalue weighted by molar-refractivity contribution is 6.30. The second-order valence-electron chi connectivity index (χ2n) is 6.61. The Morgan fingerprint density at radius 3 is 2.74 bits per heavy atom. The summed E-state index contributed by atoms with van der Waals surface area (Å²) in [6, 6.07) is 8.53. The summed E-state index contributed by atoms with van der Waals surface area (Å²) in [5.41, 5.74) is 1.97. The second kappa shape index (κ2) is 5.46. The number of piperidine rings is 1. The van der Waals surface area contributed by atoms with Gasteiger partial charge in [-0.1, -0.05) is 43.5 Å². The fraction of sp³-hybridized carbons (Fsp3) is 0.647. The minimum atomic E-state index is 0.530. The van der Waals surface area contributed by atoms with Crippen LogP contribution in [0, 0.1) is 11.3 Å². The van der Waals surface area contributed by atoms with Gasteiger partial charge >= 0.3 is 0 Å². The van der Waals surface area contributed by atoms with Crippen LogP contribution in [0.5, 0.6) is 0 Å². The molecule has 1 unspecified atom stereocenters. The highest BCUT2D eigenvalue weighted by Gasteiger charge is 2.43. The molecule has 2 aliphatic rings. The van der Waals surface area contributed by atoms with Gasteiger partial charge in [0.2, 0.25) is 0 Å². The molecule has 0 bridgehead atoms. The molecule has 0 radical (unpaired) electrons. The fourth-order valence-electron chi connectivity index (χ4n) is 4.10. The predicted octanol–water partition coefficient (Wildman–Crippen LogP) is 4.61. The summed E-state index contributed by atoms with van der Waals surface area (Å²) in [5.74, 6) is 1.56. The van der Waals surface area contributed by atoms with Crippen molar-refractivity contribution < 1.29 is 0 Å². The molecule has 0 amide bonds. The van der Waals surface area contributed by atoms with Crippen LogP contribution in [0.4, 0.5) is 0 Å². The Hall–Kier alpha value is -0.530. The van der Waals surface area contributed by atoms with Gasteiger partial charge in [0.1, 0.15) is 0 Å². The van der Waals surface area contributed by atoms with Gasteiger partial charge in [-0.3, -0.25) is 0 Å². The van der Waals surface area contributed by atoms with Crippen molar-refractivity contribution in [3.63, 3.8) is 0 Å². The molecule has 19 heavy (non-hydrogen) atoms. The quantitative estimate of drug-likeness (QED) is 0.790. The summed E-state index contributed by atoms with van der Waals surface area (Å²) in [6.07, 6.45) is 6.92. The van der Waals surface area contributed by atoms with Gasteiger partial charge in [-0.15, -0.1) is 0 Å². The first-order valence-corrected chi connectivity index (χ1v) is 8.04. The van der Waals surface area contributed by atoms with Crippen LogP contribution in [0.25, 0.3) is 0 Å². The Bertz CT molecular complexity index is 435. The molecular weight excluding hydrogens is 254 g/mol. The van der Waals surface area contributed by atoms with Gasteiger partial charge in [-0.2, -0.15) is 0 Å². The third kappa shape index (κ3) is 2.68. The fourth-order valence-corrected chi connectivity index (χ4v) is 4.30. The summed E-state index contributed by atoms with van der Waals surface area (Å²) >= 11 is 6.19. The number of halogens is 1. The van der Waals surface area contributed by atoms with Crippen molar-refractivity contribution in [2.45, 2.75) is 44.9 Å². The van der Waals surface area contributed by atoms with Crippen LogP contribution in [0.2, 0.25) is 5.02 Å². The lowest BCUT2D eigenvalue weighted by Gasteiger charge is -2.48. The normalized spacial score (nSPS) is 35.5. The van der Waals surface area contributed by atoms with E-state index in [4.69, 9.17) is 11.6 Å². The largest absolute Gasteiger partial charge is 0.316 e. The lowest BCUT2D eigenvalue weighted by Crippen LogP contribution is -2.45. The first-order chi connectivity index (χ1) is 9.20. The van der Waals surface area contributed by atoms with E-state index in [1.165, 1.54) is 44.2 Å². The molecule has 104 valence electrons. The average Bonchev–Trinajstić information content (AvgIpc) is 2.43. The molecule has 1 saturated heterocycles. The van der Waals surface area contributed by atoms with Crippen molar-refractivity contribution in [3.05, 3.63) is 34.9 Å². The molecule has 1 spiro atoms. The zero-order valence-corrected chi connectivity index (χ0v) is 12.5. The first kappa shape index (κ1) is 13.5. The Kier molecular flexibility index (Phi) is 3.86. The van der Waals surface area contributed by atoms with Gasteiger partial charge in [-0.25, -0.2) is 0 Å². The molecule has 0 aromatic heterocycles. The highest BCUT2D eigenvalue weighted by Crippen LogP contribution is 2.52. The lowest BCUT2D eigenvalue weighted by atomic mass is 9.59. The van der Waals surface area contributed by atoms with E-state index in [1.54, 1.807) is 0 Å². The van der Waals surface area contributed by atoms with Gasteiger partial charge < -0.3 is 5.32 Å². The van der Waals surface area contributed by atoms with Gasteiger partial charge in [-0.05, 0) is 54.8 Å². The SMILES string of the molecule is CC1CCC2(CCNCC2c2cccc(Cl)c2)CC1. The molecule has 1 atom stereocenters. The molecule has 1 N–H and O–H groups in total. The molecule has 1 aromatic rings. The summed E-state index contributed by atoms with van der Waals surface area (Å²) in [6.45, 7) is 4.71. The average molecular weight is 278 g/mol. The number of hydrogen-bond acceptors (Lipinski definition) is 1. The van der Waals surface area contributed by atoms with Crippen molar-refractivity contribution in [2.75, 3.05) is 13.1 Å². The van der Waals surface area contributed by atoms with Crippen LogP contribution in [0.15, 0.2) is 24.3 Å². The molecule has 1 heterocycles. The van der Waals surface area contributed by atoms with Crippen LogP contribution >= 0.6 is 11.6 Å². The molecular formula is C17H24ClN. The van der Waals surface area contributed by atoms with Crippen molar-refractivity contribution in [2.24, 2.45) is 11.3 Å². The first-order valence-electron chi connectivity index (χ1n) is 7.66. The number of rotatable bonds is 1. The third-order valence-corrected chi connectivity index (χ3v) is 5.64. The van der Waals surface area contributed by atoms with E-state index in [0.29, 0.717) is 11.3 Å². The maximum atomic E-state index is 6.19. The van der Waals surface area contributed by atoms with E-state index >= 15 is 0 Å². The zero-order valence-electron chi connectivity index (χ0n) is 11.8. The number of nitrogens with one attached hydrogen (secondary N) is 1. The molecule has 1 aliphatic carbocycles. The van der Waals surface area contributed by atoms with E-state index in [-0.39, 0.29) is 0 Å². The van der Waals surface area contributed by atoms with E-state index in [0.717, 1.165) is 17.5 Å². The molecule has 1 aliphatic heterocycles. The van der Waals surface area contributed by atoms with Gasteiger partial charge in [0.15, 0.2) is 0 Å². The maximum Gasteiger partial charge on any atom is 0.0408 e. The van der Waals surface area contributed by atoms with Crippen LogP contribution < -0.4 is 5.32 Å². The van der Waals surface area contributed by atoms with Crippen LogP contribution in [0.1, 0.15) is 50.5 Å². The topological polar surface area (TPSA) is 12.0 Å². The van der Waals surface area contributed by atoms with Gasteiger partial charge in [0.05, 0.1) is 0 Å². The third-order valence-electron chi connectivity index (χ3n) is 5.41. The van der Waals surface area contributed by atoms with Crippen LogP contribution in [-0.2, 0) is 0 Å². The maximum absolute atomic E-state index is 6.19. The summed E-state index contributed by atoms with van der Waals surface area (Å²) in [7, 11) is 0. The second-order valence-corrected chi connectivity index (χ2v) is 7.04. The highest BCUT2D eigenvalue weighted by atomic mass is 35.5. The Morgan fingerprint density at radius 2 is 2.00 bits per heavy atom. The van der Waals surface area contributed by atoms with Crippen molar-refractivity contribution in [1.29, 1.82) is 0 Å². The molecule has 3 rings (SSSR count). The molecule has 2 fully saturated rings. The van der Waals surface area contributed by atoms with E-state index in [2.05, 4.69) is 30.4 Å². The van der Waals surface area contributed by atoms with Gasteiger partial charge in [0, 0.05) is 17.5 Å². The molecule has 1 nitrogen and oxygen atoms in total. The van der Waals surface area contributed by atoms with Crippen molar-refractivity contribution in [1.82, 2.24) is 5.32 Å². The lowest BCUT2D eigenvalue weighted by molar-refractivity contribution is 0.0834. The minimum absolute atomic E-state index is 0.530. The van der Waals surface area contributed by atoms with Crippen molar-refractivity contribution in [3.8, 4) is 0 Å². The van der Waals surface area contributed by atoms with Gasteiger partial charge in [0.25, 0.3) is 0 Å². The Morgan fingerprint density at radius 1 is 1.21 bits per heavy atom. The summed E-state index contributed by atoms with van der Waals surface area (Å²) in [5, 5.41) is 4.47. The zero-order chi connectivity index (χ0) is 13.3. The molecule has 1 aromatic carbocycles. The van der Waals surface area contributed by atoms with E-state index in [1.807, 2.05) is 6.07 Å². The standard InChI is InChI=1S/C17H24ClN/c1-13-5-7-17(8-6-13)9-10-19-12-16(17)14-3-2-4-15(18)11-14/h2-4,11,13,16,19H,5-10,12H2,1H3. The molecule has 2 heteroatoms. The van der Waals surface area contributed by atoms with E-state index in [9.17, 15) is 0 Å². The molecule has 1 saturated carbocycles. The summed E-state index contributed by atoms with van der Waals surface area (Å²) in [4.78, 5) is 0. The number of benzene rings is 1. The minimum Gasteiger partial charge on any atom is -0.316 e. The monoisotopic (exact) mass is 277 g/mol.